The summed E-state index contributed by atoms with van der Waals surface area (Å²) in [5.74, 6) is -0.322. The molecule has 0 spiro atoms. The Morgan fingerprint density at radius 3 is 1.61 bits per heavy atom. The first-order valence-electron chi connectivity index (χ1n) is 22.9. The molecule has 0 aromatic carbocycles. The first kappa shape index (κ1) is 52.9. The lowest BCUT2D eigenvalue weighted by Crippen LogP contribution is -2.59. The van der Waals surface area contributed by atoms with Gasteiger partial charge in [0.15, 0.2) is 6.29 Å². The minimum absolute atomic E-state index is 0.120. The monoisotopic (exact) mass is 805 g/mol. The summed E-state index contributed by atoms with van der Waals surface area (Å²) in [5.41, 5.74) is 0. The SMILES string of the molecule is CC/C=C\C/C=C\C/C=C\C/C=C\C/C=C\CCCCCCCCOCC(COC1OC(CO)C(O)C(O)C1O)OC(=O)CCCCCCCCCCCCCC. The molecule has 1 heterocycles. The highest BCUT2D eigenvalue weighted by molar-refractivity contribution is 5.69. The van der Waals surface area contributed by atoms with E-state index in [0.29, 0.717) is 13.0 Å². The van der Waals surface area contributed by atoms with Crippen LogP contribution in [0, 0.1) is 0 Å². The molecule has 1 aliphatic rings. The molecule has 6 atom stereocenters. The minimum atomic E-state index is -1.54. The van der Waals surface area contributed by atoms with E-state index in [9.17, 15) is 25.2 Å². The van der Waals surface area contributed by atoms with Crippen LogP contribution in [0.5, 0.6) is 0 Å². The second-order valence-electron chi connectivity index (χ2n) is 15.5. The largest absolute Gasteiger partial charge is 0.457 e. The molecule has 0 saturated carbocycles. The highest BCUT2D eigenvalue weighted by Gasteiger charge is 2.44. The van der Waals surface area contributed by atoms with Gasteiger partial charge in [-0.05, 0) is 57.8 Å². The van der Waals surface area contributed by atoms with Crippen LogP contribution in [0.3, 0.4) is 0 Å². The number of unbranched alkanes of at least 4 members (excludes halogenated alkanes) is 17. The van der Waals surface area contributed by atoms with Gasteiger partial charge in [-0.1, -0.05) is 171 Å². The van der Waals surface area contributed by atoms with E-state index in [-0.39, 0.29) is 19.2 Å². The summed E-state index contributed by atoms with van der Waals surface area (Å²) in [7, 11) is 0. The summed E-state index contributed by atoms with van der Waals surface area (Å²) in [6, 6.07) is 0. The van der Waals surface area contributed by atoms with Crippen LogP contribution >= 0.6 is 0 Å². The van der Waals surface area contributed by atoms with Gasteiger partial charge in [-0.2, -0.15) is 0 Å². The van der Waals surface area contributed by atoms with E-state index in [4.69, 9.17) is 18.9 Å². The van der Waals surface area contributed by atoms with Crippen molar-refractivity contribution in [1.82, 2.24) is 0 Å². The van der Waals surface area contributed by atoms with Crippen molar-refractivity contribution in [3.63, 3.8) is 0 Å². The number of ether oxygens (including phenoxy) is 4. The van der Waals surface area contributed by atoms with Gasteiger partial charge in [0.25, 0.3) is 0 Å². The lowest BCUT2D eigenvalue weighted by Gasteiger charge is -2.39. The number of aliphatic hydroxyl groups is 4. The van der Waals surface area contributed by atoms with E-state index in [1.807, 2.05) is 0 Å². The van der Waals surface area contributed by atoms with Gasteiger partial charge in [-0.25, -0.2) is 0 Å². The molecule has 0 aromatic heterocycles. The molecular weight excluding hydrogens is 721 g/mol. The summed E-state index contributed by atoms with van der Waals surface area (Å²) in [4.78, 5) is 12.7. The Bertz CT molecular complexity index is 1050. The Hall–Kier alpha value is -2.11. The summed E-state index contributed by atoms with van der Waals surface area (Å²) in [6.45, 7) is 4.40. The van der Waals surface area contributed by atoms with Gasteiger partial charge in [-0.15, -0.1) is 0 Å². The van der Waals surface area contributed by atoms with Crippen molar-refractivity contribution in [3.05, 3.63) is 60.8 Å². The van der Waals surface area contributed by atoms with Gasteiger partial charge in [-0.3, -0.25) is 4.79 Å². The zero-order valence-corrected chi connectivity index (χ0v) is 36.1. The standard InChI is InChI=1S/C48H84O9/c1-3-5-7-9-11-13-15-17-18-19-20-21-22-23-24-25-26-28-30-32-34-36-38-54-40-42(41-55-48-47(53)46(52)45(51)43(39-49)57-48)56-44(50)37-35-33-31-29-27-16-14-12-10-8-6-4-2/h5,7,11,13,17-18,20-21,23-24,42-43,45-49,51-53H,3-4,6,8-10,12,14-16,19,22,25-41H2,1-2H3/b7-5-,13-11-,18-17-,21-20-,24-23-. The molecule has 0 radical (unpaired) electrons. The molecular formula is C48H84O9. The van der Waals surface area contributed by atoms with Gasteiger partial charge < -0.3 is 39.4 Å². The molecule has 0 aliphatic carbocycles. The summed E-state index contributed by atoms with van der Waals surface area (Å²) < 4.78 is 22.8. The molecule has 9 nitrogen and oxygen atoms in total. The van der Waals surface area contributed by atoms with Gasteiger partial charge >= 0.3 is 5.97 Å². The Labute approximate surface area is 347 Å². The highest BCUT2D eigenvalue weighted by Crippen LogP contribution is 2.22. The number of esters is 1. The Morgan fingerprint density at radius 2 is 1.07 bits per heavy atom. The first-order chi connectivity index (χ1) is 27.9. The van der Waals surface area contributed by atoms with Gasteiger partial charge in [0, 0.05) is 13.0 Å². The lowest BCUT2D eigenvalue weighted by atomic mass is 9.99. The Kier molecular flexibility index (Phi) is 36.5. The maximum atomic E-state index is 12.7. The van der Waals surface area contributed by atoms with Crippen molar-refractivity contribution in [2.75, 3.05) is 26.4 Å². The van der Waals surface area contributed by atoms with Crippen LogP contribution in [0.2, 0.25) is 0 Å². The number of carbonyl (C=O) groups is 1. The maximum Gasteiger partial charge on any atom is 0.306 e. The topological polar surface area (TPSA) is 135 Å². The highest BCUT2D eigenvalue weighted by atomic mass is 16.7. The van der Waals surface area contributed by atoms with Crippen LogP contribution in [0.4, 0.5) is 0 Å². The molecule has 6 unspecified atom stereocenters. The van der Waals surface area contributed by atoms with E-state index in [1.54, 1.807) is 0 Å². The fourth-order valence-electron chi connectivity index (χ4n) is 6.64. The molecule has 9 heteroatoms. The number of hydrogen-bond donors (Lipinski definition) is 4. The van der Waals surface area contributed by atoms with Crippen molar-refractivity contribution in [1.29, 1.82) is 0 Å². The molecule has 1 saturated heterocycles. The normalized spacial score (nSPS) is 21.0. The molecule has 0 aromatic rings. The number of hydrogen-bond acceptors (Lipinski definition) is 9. The van der Waals surface area contributed by atoms with E-state index < -0.39 is 43.4 Å². The molecule has 4 N–H and O–H groups in total. The van der Waals surface area contributed by atoms with Crippen LogP contribution < -0.4 is 0 Å². The smallest absolute Gasteiger partial charge is 0.306 e. The summed E-state index contributed by atoms with van der Waals surface area (Å²) in [6.07, 6.45) is 42.5. The Morgan fingerprint density at radius 1 is 0.579 bits per heavy atom. The van der Waals surface area contributed by atoms with Crippen molar-refractivity contribution in [3.8, 4) is 0 Å². The van der Waals surface area contributed by atoms with Gasteiger partial charge in [0.2, 0.25) is 0 Å². The molecule has 1 fully saturated rings. The van der Waals surface area contributed by atoms with Crippen LogP contribution in [0.25, 0.3) is 0 Å². The second-order valence-corrected chi connectivity index (χ2v) is 15.5. The van der Waals surface area contributed by atoms with Crippen LogP contribution in [-0.2, 0) is 23.7 Å². The fraction of sp³-hybridized carbons (Fsp3) is 0.771. The number of aliphatic hydroxyl groups excluding tert-OH is 4. The first-order valence-corrected chi connectivity index (χ1v) is 22.9. The van der Waals surface area contributed by atoms with Crippen molar-refractivity contribution in [2.45, 2.75) is 211 Å². The van der Waals surface area contributed by atoms with Crippen molar-refractivity contribution in [2.24, 2.45) is 0 Å². The molecule has 0 amide bonds. The number of carbonyl (C=O) groups excluding carboxylic acids is 1. The molecule has 330 valence electrons. The third-order valence-corrected chi connectivity index (χ3v) is 10.2. The third-order valence-electron chi connectivity index (χ3n) is 10.2. The predicted octanol–water partition coefficient (Wildman–Crippen LogP) is 10.3. The molecule has 57 heavy (non-hydrogen) atoms. The van der Waals surface area contributed by atoms with Gasteiger partial charge in [0.1, 0.15) is 30.5 Å². The fourth-order valence-corrected chi connectivity index (χ4v) is 6.64. The Balaban J connectivity index is 2.25. The van der Waals surface area contributed by atoms with Gasteiger partial charge in [0.05, 0.1) is 19.8 Å². The van der Waals surface area contributed by atoms with Crippen LogP contribution in [-0.4, -0.2) is 89.6 Å². The summed E-state index contributed by atoms with van der Waals surface area (Å²) in [5, 5.41) is 40.1. The second kappa shape index (κ2) is 39.4. The van der Waals surface area contributed by atoms with Crippen LogP contribution in [0.15, 0.2) is 60.8 Å². The molecule has 1 aliphatic heterocycles. The minimum Gasteiger partial charge on any atom is -0.457 e. The summed E-state index contributed by atoms with van der Waals surface area (Å²) >= 11 is 0. The maximum absolute atomic E-state index is 12.7. The number of allylic oxidation sites excluding steroid dienone is 10. The zero-order valence-electron chi connectivity index (χ0n) is 36.1. The van der Waals surface area contributed by atoms with Crippen molar-refractivity contribution >= 4 is 5.97 Å². The number of rotatable bonds is 38. The predicted molar refractivity (Wildman–Crippen MR) is 233 cm³/mol. The van der Waals surface area contributed by atoms with E-state index in [0.717, 1.165) is 77.0 Å². The van der Waals surface area contributed by atoms with E-state index >= 15 is 0 Å². The average molecular weight is 805 g/mol. The van der Waals surface area contributed by atoms with E-state index in [2.05, 4.69) is 74.6 Å². The third kappa shape index (κ3) is 30.6. The van der Waals surface area contributed by atoms with Crippen LogP contribution in [0.1, 0.15) is 174 Å². The van der Waals surface area contributed by atoms with Crippen molar-refractivity contribution < 1.29 is 44.2 Å². The molecule has 0 bridgehead atoms. The zero-order chi connectivity index (χ0) is 41.4. The lowest BCUT2D eigenvalue weighted by molar-refractivity contribution is -0.305. The van der Waals surface area contributed by atoms with E-state index in [1.165, 1.54) is 77.0 Å². The quantitative estimate of drug-likeness (QED) is 0.0273. The molecule has 1 rings (SSSR count). The average Bonchev–Trinajstić information content (AvgIpc) is 3.21.